The van der Waals surface area contributed by atoms with Crippen molar-refractivity contribution in [2.24, 2.45) is 0 Å². The van der Waals surface area contributed by atoms with Gasteiger partial charge in [-0.1, -0.05) is 0 Å². The van der Waals surface area contributed by atoms with Crippen molar-refractivity contribution in [2.45, 2.75) is 20.4 Å². The zero-order chi connectivity index (χ0) is 14.5. The fourth-order valence-corrected chi connectivity index (χ4v) is 2.62. The zero-order valence-electron chi connectivity index (χ0n) is 11.4. The lowest BCUT2D eigenvalue weighted by Gasteiger charge is -2.10. The third-order valence-corrected chi connectivity index (χ3v) is 3.75. The summed E-state index contributed by atoms with van der Waals surface area (Å²) in [4.78, 5) is 16.1. The first-order valence-corrected chi connectivity index (χ1v) is 7.25. The molecule has 0 aliphatic carbocycles. The first kappa shape index (κ1) is 14.5. The summed E-state index contributed by atoms with van der Waals surface area (Å²) in [5, 5.41) is 9.76. The molecule has 0 unspecified atom stereocenters. The van der Waals surface area contributed by atoms with E-state index in [1.54, 1.807) is 11.3 Å². The average Bonchev–Trinajstić information content (AvgIpc) is 2.84. The minimum atomic E-state index is -0.525. The van der Waals surface area contributed by atoms with E-state index < -0.39 is 5.82 Å². The van der Waals surface area contributed by atoms with Crippen molar-refractivity contribution >= 4 is 23.1 Å². The molecule has 4 nitrogen and oxygen atoms in total. The number of carbonyl (C=O) groups excluding carboxylic acids is 1. The molecule has 0 fully saturated rings. The van der Waals surface area contributed by atoms with Crippen LogP contribution in [0.4, 0.5) is 10.2 Å². The topological polar surface area (TPSA) is 54.0 Å². The number of hydrogen-bond acceptors (Lipinski definition) is 4. The molecule has 20 heavy (non-hydrogen) atoms. The van der Waals surface area contributed by atoms with E-state index in [1.807, 2.05) is 24.6 Å². The number of hydrogen-bond donors (Lipinski definition) is 2. The predicted molar refractivity (Wildman–Crippen MR) is 78.6 cm³/mol. The van der Waals surface area contributed by atoms with Gasteiger partial charge in [0.1, 0.15) is 11.6 Å². The van der Waals surface area contributed by atoms with E-state index in [1.165, 1.54) is 6.07 Å². The van der Waals surface area contributed by atoms with Gasteiger partial charge in [0.2, 0.25) is 0 Å². The molecule has 106 valence electrons. The Labute approximate surface area is 121 Å². The maximum atomic E-state index is 13.3. The smallest absolute Gasteiger partial charge is 0.255 e. The van der Waals surface area contributed by atoms with Gasteiger partial charge in [0.15, 0.2) is 0 Å². The third-order valence-electron chi connectivity index (χ3n) is 2.84. The van der Waals surface area contributed by atoms with Crippen molar-refractivity contribution in [3.05, 3.63) is 45.5 Å². The zero-order valence-corrected chi connectivity index (χ0v) is 12.2. The molecule has 2 N–H and O–H groups in total. The van der Waals surface area contributed by atoms with Crippen LogP contribution >= 0.6 is 11.3 Å². The molecule has 0 aliphatic rings. The molecule has 0 spiro atoms. The molecule has 0 aliphatic heterocycles. The van der Waals surface area contributed by atoms with Crippen LogP contribution < -0.4 is 10.6 Å². The maximum Gasteiger partial charge on any atom is 0.255 e. The minimum Gasteiger partial charge on any atom is -0.370 e. The summed E-state index contributed by atoms with van der Waals surface area (Å²) in [6, 6.07) is 1.20. The van der Waals surface area contributed by atoms with E-state index in [0.29, 0.717) is 18.9 Å². The minimum absolute atomic E-state index is 0.222. The number of thiophene rings is 1. The molecule has 0 bridgehead atoms. The van der Waals surface area contributed by atoms with Crippen molar-refractivity contribution in [3.8, 4) is 0 Å². The van der Waals surface area contributed by atoms with E-state index >= 15 is 0 Å². The monoisotopic (exact) mass is 293 g/mol. The second-order valence-corrected chi connectivity index (χ2v) is 5.09. The number of carbonyl (C=O) groups is 1. The number of amides is 1. The van der Waals surface area contributed by atoms with Crippen molar-refractivity contribution in [1.82, 2.24) is 10.3 Å². The molecule has 0 atom stereocenters. The highest BCUT2D eigenvalue weighted by atomic mass is 32.1. The molecule has 2 aromatic heterocycles. The van der Waals surface area contributed by atoms with E-state index in [4.69, 9.17) is 0 Å². The Kier molecular flexibility index (Phi) is 4.68. The molecular formula is C14H16FN3OS. The van der Waals surface area contributed by atoms with E-state index in [0.717, 1.165) is 17.3 Å². The van der Waals surface area contributed by atoms with Crippen LogP contribution in [-0.2, 0) is 6.54 Å². The van der Waals surface area contributed by atoms with Crippen molar-refractivity contribution in [1.29, 1.82) is 0 Å². The average molecular weight is 293 g/mol. The van der Waals surface area contributed by atoms with Crippen LogP contribution in [-0.4, -0.2) is 17.4 Å². The van der Waals surface area contributed by atoms with E-state index in [2.05, 4.69) is 15.6 Å². The molecule has 2 aromatic rings. The first-order chi connectivity index (χ1) is 9.61. The molecule has 0 radical (unpaired) electrons. The van der Waals surface area contributed by atoms with Gasteiger partial charge in [-0.2, -0.15) is 11.3 Å². The highest BCUT2D eigenvalue weighted by Gasteiger charge is 2.14. The van der Waals surface area contributed by atoms with Gasteiger partial charge in [0.05, 0.1) is 11.8 Å². The summed E-state index contributed by atoms with van der Waals surface area (Å²) >= 11 is 1.59. The Morgan fingerprint density at radius 2 is 2.25 bits per heavy atom. The summed E-state index contributed by atoms with van der Waals surface area (Å²) < 4.78 is 13.3. The summed E-state index contributed by atoms with van der Waals surface area (Å²) in [6.45, 7) is 4.92. The molecule has 0 saturated carbocycles. The molecule has 2 heterocycles. The van der Waals surface area contributed by atoms with Gasteiger partial charge in [-0.3, -0.25) is 4.79 Å². The van der Waals surface area contributed by atoms with Gasteiger partial charge < -0.3 is 10.6 Å². The SMILES string of the molecule is CCNc1ncc(F)cc1C(=O)NCc1cscc1C. The lowest BCUT2D eigenvalue weighted by atomic mass is 10.2. The van der Waals surface area contributed by atoms with Crippen molar-refractivity contribution in [3.63, 3.8) is 0 Å². The Balaban J connectivity index is 2.12. The Hall–Kier alpha value is -1.95. The lowest BCUT2D eigenvalue weighted by Crippen LogP contribution is -2.24. The van der Waals surface area contributed by atoms with Crippen LogP contribution in [0.25, 0.3) is 0 Å². The van der Waals surface area contributed by atoms with Gasteiger partial charge in [-0.05, 0) is 41.8 Å². The lowest BCUT2D eigenvalue weighted by molar-refractivity contribution is 0.0951. The number of aryl methyl sites for hydroxylation is 1. The normalized spacial score (nSPS) is 10.3. The van der Waals surface area contributed by atoms with E-state index in [9.17, 15) is 9.18 Å². The summed E-state index contributed by atoms with van der Waals surface area (Å²) in [5.74, 6) is -0.462. The summed E-state index contributed by atoms with van der Waals surface area (Å²) in [7, 11) is 0. The highest BCUT2D eigenvalue weighted by Crippen LogP contribution is 2.16. The largest absolute Gasteiger partial charge is 0.370 e. The summed E-state index contributed by atoms with van der Waals surface area (Å²) in [5.41, 5.74) is 2.43. The molecule has 1 amide bonds. The number of aromatic nitrogens is 1. The predicted octanol–water partition coefficient (Wildman–Crippen LogP) is 2.95. The molecule has 0 aromatic carbocycles. The summed E-state index contributed by atoms with van der Waals surface area (Å²) in [6.07, 6.45) is 1.10. The van der Waals surface area contributed by atoms with Crippen LogP contribution in [0.5, 0.6) is 0 Å². The van der Waals surface area contributed by atoms with Crippen LogP contribution in [0.3, 0.4) is 0 Å². The molecular weight excluding hydrogens is 277 g/mol. The second kappa shape index (κ2) is 6.47. The Morgan fingerprint density at radius 1 is 1.45 bits per heavy atom. The number of halogens is 1. The maximum absolute atomic E-state index is 13.3. The van der Waals surface area contributed by atoms with Crippen molar-refractivity contribution in [2.75, 3.05) is 11.9 Å². The van der Waals surface area contributed by atoms with Gasteiger partial charge >= 0.3 is 0 Å². The Bertz CT molecular complexity index is 612. The van der Waals surface area contributed by atoms with Crippen LogP contribution in [0.2, 0.25) is 0 Å². The second-order valence-electron chi connectivity index (χ2n) is 4.34. The van der Waals surface area contributed by atoms with Gasteiger partial charge in [-0.15, -0.1) is 0 Å². The fourth-order valence-electron chi connectivity index (χ4n) is 1.76. The van der Waals surface area contributed by atoms with Gasteiger partial charge in [-0.25, -0.2) is 9.37 Å². The standard InChI is InChI=1S/C14H16FN3OS/c1-3-16-13-12(4-11(15)6-17-13)14(19)18-5-10-8-20-7-9(10)2/h4,6-8H,3,5H2,1-2H3,(H,16,17)(H,18,19). The number of nitrogens with one attached hydrogen (secondary N) is 2. The van der Waals surface area contributed by atoms with Crippen molar-refractivity contribution < 1.29 is 9.18 Å². The first-order valence-electron chi connectivity index (χ1n) is 6.31. The van der Waals surface area contributed by atoms with E-state index in [-0.39, 0.29) is 11.5 Å². The van der Waals surface area contributed by atoms with Crippen LogP contribution in [0.1, 0.15) is 28.4 Å². The third kappa shape index (κ3) is 3.33. The molecule has 2 rings (SSSR count). The van der Waals surface area contributed by atoms with Crippen LogP contribution in [0.15, 0.2) is 23.0 Å². The molecule has 0 saturated heterocycles. The van der Waals surface area contributed by atoms with Gasteiger partial charge in [0.25, 0.3) is 5.91 Å². The Morgan fingerprint density at radius 3 is 2.90 bits per heavy atom. The van der Waals surface area contributed by atoms with Gasteiger partial charge in [0, 0.05) is 13.1 Å². The highest BCUT2D eigenvalue weighted by molar-refractivity contribution is 7.08. The molecule has 6 heteroatoms. The number of nitrogens with zero attached hydrogens (tertiary/aromatic N) is 1. The number of rotatable bonds is 5. The quantitative estimate of drug-likeness (QED) is 0.891. The van der Waals surface area contributed by atoms with Crippen LogP contribution in [0, 0.1) is 12.7 Å². The number of anilines is 1. The number of pyridine rings is 1. The fraction of sp³-hybridized carbons (Fsp3) is 0.286.